The summed E-state index contributed by atoms with van der Waals surface area (Å²) in [6.45, 7) is 17.9. The van der Waals surface area contributed by atoms with Gasteiger partial charge < -0.3 is 4.90 Å². The molecular weight excluding hydrogens is 232 g/mol. The van der Waals surface area contributed by atoms with Crippen LogP contribution in [0.4, 0.5) is 0 Å². The molecular formula is C17H30N2. The molecule has 1 aromatic rings. The molecule has 1 aromatic heterocycles. The second-order valence-corrected chi connectivity index (χ2v) is 5.35. The van der Waals surface area contributed by atoms with Gasteiger partial charge in [-0.1, -0.05) is 54.2 Å². The van der Waals surface area contributed by atoms with Gasteiger partial charge in [-0.2, -0.15) is 0 Å². The van der Waals surface area contributed by atoms with Gasteiger partial charge in [-0.25, -0.2) is 0 Å². The SMILES string of the molecule is C=C(c1ccc(C(C)C)cn1)N(C)CC(C)C.CC. The Hall–Kier alpha value is -1.31. The Bertz CT molecular complexity index is 363. The second-order valence-electron chi connectivity index (χ2n) is 5.35. The first kappa shape index (κ1) is 17.7. The molecule has 1 rings (SSSR count). The summed E-state index contributed by atoms with van der Waals surface area (Å²) in [5.74, 6) is 1.16. The lowest BCUT2D eigenvalue weighted by Gasteiger charge is -2.23. The summed E-state index contributed by atoms with van der Waals surface area (Å²) in [5, 5.41) is 0. The maximum atomic E-state index is 4.49. The van der Waals surface area contributed by atoms with Gasteiger partial charge in [0.1, 0.15) is 0 Å². The molecule has 0 fully saturated rings. The molecule has 0 aliphatic carbocycles. The minimum absolute atomic E-state index is 0.526. The van der Waals surface area contributed by atoms with E-state index in [1.54, 1.807) is 0 Å². The zero-order chi connectivity index (χ0) is 15.0. The van der Waals surface area contributed by atoms with Crippen molar-refractivity contribution in [1.29, 1.82) is 0 Å². The van der Waals surface area contributed by atoms with E-state index in [1.165, 1.54) is 5.56 Å². The minimum Gasteiger partial charge on any atom is -0.373 e. The minimum atomic E-state index is 0.526. The summed E-state index contributed by atoms with van der Waals surface area (Å²) in [5.41, 5.74) is 3.24. The number of aromatic nitrogens is 1. The van der Waals surface area contributed by atoms with Gasteiger partial charge in [-0.3, -0.25) is 4.98 Å². The molecule has 0 N–H and O–H groups in total. The van der Waals surface area contributed by atoms with Gasteiger partial charge in [0.05, 0.1) is 11.4 Å². The van der Waals surface area contributed by atoms with Gasteiger partial charge in [0.2, 0.25) is 0 Å². The first-order chi connectivity index (χ1) is 8.91. The van der Waals surface area contributed by atoms with Crippen molar-refractivity contribution in [2.45, 2.75) is 47.5 Å². The lowest BCUT2D eigenvalue weighted by Crippen LogP contribution is -2.21. The first-order valence-electron chi connectivity index (χ1n) is 7.28. The highest BCUT2D eigenvalue weighted by molar-refractivity contribution is 5.58. The normalized spacial score (nSPS) is 10.2. The molecule has 0 aliphatic heterocycles. The predicted molar refractivity (Wildman–Crippen MR) is 86.2 cm³/mol. The van der Waals surface area contributed by atoms with Crippen molar-refractivity contribution in [3.8, 4) is 0 Å². The molecule has 0 aliphatic rings. The Morgan fingerprint density at radius 2 is 1.79 bits per heavy atom. The Labute approximate surface area is 119 Å². The standard InChI is InChI=1S/C15H24N2.C2H6/c1-11(2)10-17(6)13(5)15-8-7-14(9-16-15)12(3)4;1-2/h7-9,11-12H,5,10H2,1-4,6H3;1-2H3. The van der Waals surface area contributed by atoms with Gasteiger partial charge in [-0.05, 0) is 23.5 Å². The average molecular weight is 262 g/mol. The largest absolute Gasteiger partial charge is 0.373 e. The Morgan fingerprint density at radius 1 is 1.21 bits per heavy atom. The molecule has 0 atom stereocenters. The maximum absolute atomic E-state index is 4.49. The molecule has 0 unspecified atom stereocenters. The molecule has 108 valence electrons. The molecule has 2 heteroatoms. The number of hydrogen-bond acceptors (Lipinski definition) is 2. The van der Waals surface area contributed by atoms with Crippen LogP contribution in [0, 0.1) is 5.92 Å². The van der Waals surface area contributed by atoms with Crippen molar-refractivity contribution in [3.63, 3.8) is 0 Å². The summed E-state index contributed by atoms with van der Waals surface area (Å²) in [6, 6.07) is 4.20. The molecule has 0 bridgehead atoms. The average Bonchev–Trinajstić information content (AvgIpc) is 2.39. The fourth-order valence-electron chi connectivity index (χ4n) is 1.77. The van der Waals surface area contributed by atoms with E-state index in [1.807, 2.05) is 20.0 Å². The van der Waals surface area contributed by atoms with Crippen LogP contribution in [-0.2, 0) is 0 Å². The molecule has 0 amide bonds. The van der Waals surface area contributed by atoms with E-state index in [2.05, 4.69) is 63.3 Å². The first-order valence-corrected chi connectivity index (χ1v) is 7.28. The van der Waals surface area contributed by atoms with Crippen LogP contribution in [0.25, 0.3) is 5.70 Å². The maximum Gasteiger partial charge on any atom is 0.0857 e. The van der Waals surface area contributed by atoms with Gasteiger partial charge in [0.25, 0.3) is 0 Å². The molecule has 1 heterocycles. The van der Waals surface area contributed by atoms with E-state index in [0.717, 1.165) is 17.9 Å². The smallest absolute Gasteiger partial charge is 0.0857 e. The van der Waals surface area contributed by atoms with Crippen molar-refractivity contribution >= 4 is 5.70 Å². The summed E-state index contributed by atoms with van der Waals surface area (Å²) in [7, 11) is 2.07. The van der Waals surface area contributed by atoms with Crippen molar-refractivity contribution in [2.75, 3.05) is 13.6 Å². The van der Waals surface area contributed by atoms with Gasteiger partial charge in [0, 0.05) is 19.8 Å². The van der Waals surface area contributed by atoms with Crippen LogP contribution in [0.1, 0.15) is 58.7 Å². The number of hydrogen-bond donors (Lipinski definition) is 0. The van der Waals surface area contributed by atoms with E-state index in [4.69, 9.17) is 0 Å². The Kier molecular flexibility index (Phi) is 8.13. The zero-order valence-electron chi connectivity index (χ0n) is 13.7. The monoisotopic (exact) mass is 262 g/mol. The van der Waals surface area contributed by atoms with E-state index >= 15 is 0 Å². The Morgan fingerprint density at radius 3 is 2.16 bits per heavy atom. The molecule has 19 heavy (non-hydrogen) atoms. The lowest BCUT2D eigenvalue weighted by molar-refractivity contribution is 0.407. The predicted octanol–water partition coefficient (Wildman–Crippen LogP) is 4.79. The summed E-state index contributed by atoms with van der Waals surface area (Å²) in [4.78, 5) is 6.66. The molecule has 0 spiro atoms. The van der Waals surface area contributed by atoms with Crippen LogP contribution in [0.2, 0.25) is 0 Å². The highest BCUT2D eigenvalue weighted by Crippen LogP contribution is 2.18. The topological polar surface area (TPSA) is 16.1 Å². The van der Waals surface area contributed by atoms with Crippen LogP contribution in [0.3, 0.4) is 0 Å². The van der Waals surface area contributed by atoms with E-state index < -0.39 is 0 Å². The van der Waals surface area contributed by atoms with E-state index in [9.17, 15) is 0 Å². The van der Waals surface area contributed by atoms with Crippen LogP contribution in [0.15, 0.2) is 24.9 Å². The summed E-state index contributed by atoms with van der Waals surface area (Å²) < 4.78 is 0. The molecule has 2 nitrogen and oxygen atoms in total. The summed E-state index contributed by atoms with van der Waals surface area (Å²) >= 11 is 0. The van der Waals surface area contributed by atoms with Gasteiger partial charge in [0.15, 0.2) is 0 Å². The lowest BCUT2D eigenvalue weighted by atomic mass is 10.1. The third-order valence-corrected chi connectivity index (χ3v) is 2.85. The van der Waals surface area contributed by atoms with Crippen molar-refractivity contribution in [1.82, 2.24) is 9.88 Å². The third-order valence-electron chi connectivity index (χ3n) is 2.85. The molecule has 0 saturated heterocycles. The zero-order valence-corrected chi connectivity index (χ0v) is 13.7. The summed E-state index contributed by atoms with van der Waals surface area (Å²) in [6.07, 6.45) is 1.95. The fraction of sp³-hybridized carbons (Fsp3) is 0.588. The van der Waals surface area contributed by atoms with Gasteiger partial charge >= 0.3 is 0 Å². The molecule has 0 radical (unpaired) electrons. The number of rotatable bonds is 5. The highest BCUT2D eigenvalue weighted by Gasteiger charge is 2.08. The van der Waals surface area contributed by atoms with E-state index in [0.29, 0.717) is 11.8 Å². The third kappa shape index (κ3) is 5.91. The van der Waals surface area contributed by atoms with Crippen LogP contribution in [0.5, 0.6) is 0 Å². The van der Waals surface area contributed by atoms with Crippen molar-refractivity contribution in [3.05, 3.63) is 36.2 Å². The van der Waals surface area contributed by atoms with Crippen LogP contribution < -0.4 is 0 Å². The quantitative estimate of drug-likeness (QED) is 0.758. The van der Waals surface area contributed by atoms with Crippen LogP contribution >= 0.6 is 0 Å². The van der Waals surface area contributed by atoms with Crippen molar-refractivity contribution in [2.24, 2.45) is 5.92 Å². The number of nitrogens with zero attached hydrogens (tertiary/aromatic N) is 2. The van der Waals surface area contributed by atoms with E-state index in [-0.39, 0.29) is 0 Å². The fourth-order valence-corrected chi connectivity index (χ4v) is 1.77. The van der Waals surface area contributed by atoms with Gasteiger partial charge in [-0.15, -0.1) is 0 Å². The van der Waals surface area contributed by atoms with Crippen LogP contribution in [-0.4, -0.2) is 23.5 Å². The number of pyridine rings is 1. The molecule has 0 aromatic carbocycles. The Balaban J connectivity index is 0.00000154. The molecule has 0 saturated carbocycles. The van der Waals surface area contributed by atoms with Crippen molar-refractivity contribution < 1.29 is 0 Å². The second kappa shape index (κ2) is 8.73. The highest BCUT2D eigenvalue weighted by atomic mass is 15.1.